The molecule has 1 amide bonds. The Morgan fingerprint density at radius 1 is 1.30 bits per heavy atom. The van der Waals surface area contributed by atoms with Gasteiger partial charge in [0.05, 0.1) is 0 Å². The number of carbonyl (C=O) groups excluding carboxylic acids is 1. The van der Waals surface area contributed by atoms with Crippen molar-refractivity contribution < 1.29 is 9.18 Å². The van der Waals surface area contributed by atoms with Crippen LogP contribution in [0.2, 0.25) is 0 Å². The Kier molecular flexibility index (Phi) is 4.28. The summed E-state index contributed by atoms with van der Waals surface area (Å²) in [5.74, 6) is -0.115. The van der Waals surface area contributed by atoms with E-state index in [9.17, 15) is 9.18 Å². The molecule has 2 N–H and O–H groups in total. The molecular weight excluding hydrogens is 257 g/mol. The third-order valence-electron chi connectivity index (χ3n) is 3.86. The van der Waals surface area contributed by atoms with Gasteiger partial charge < -0.3 is 15.5 Å². The van der Waals surface area contributed by atoms with E-state index in [4.69, 9.17) is 5.73 Å². The van der Waals surface area contributed by atoms with Crippen LogP contribution in [0.25, 0.3) is 0 Å². The highest BCUT2D eigenvalue weighted by Crippen LogP contribution is 2.29. The molecule has 0 spiro atoms. The Bertz CT molecular complexity index is 508. The molecule has 4 nitrogen and oxygen atoms in total. The average molecular weight is 279 g/mol. The van der Waals surface area contributed by atoms with Gasteiger partial charge >= 0.3 is 0 Å². The lowest BCUT2D eigenvalue weighted by Crippen LogP contribution is -2.48. The number of piperazine rings is 1. The van der Waals surface area contributed by atoms with Gasteiger partial charge in [-0.15, -0.1) is 0 Å². The molecule has 1 fully saturated rings. The molecule has 110 valence electrons. The number of nitrogens with zero attached hydrogens (tertiary/aromatic N) is 2. The maximum absolute atomic E-state index is 13.7. The Morgan fingerprint density at radius 2 is 1.90 bits per heavy atom. The molecule has 2 rings (SSSR count). The normalized spacial score (nSPS) is 17.2. The van der Waals surface area contributed by atoms with Gasteiger partial charge in [0.15, 0.2) is 0 Å². The van der Waals surface area contributed by atoms with Crippen LogP contribution in [0.5, 0.6) is 0 Å². The predicted octanol–water partition coefficient (Wildman–Crippen LogP) is 1.82. The molecule has 1 atom stereocenters. The third-order valence-corrected chi connectivity index (χ3v) is 3.86. The molecule has 1 aliphatic heterocycles. The lowest BCUT2D eigenvalue weighted by atomic mass is 10.0. The van der Waals surface area contributed by atoms with E-state index in [1.54, 1.807) is 13.8 Å². The fourth-order valence-electron chi connectivity index (χ4n) is 2.58. The van der Waals surface area contributed by atoms with Gasteiger partial charge in [0.1, 0.15) is 5.82 Å². The molecular formula is C15H22FN3O. The van der Waals surface area contributed by atoms with Crippen LogP contribution >= 0.6 is 0 Å². The second kappa shape index (κ2) is 5.79. The molecule has 1 aliphatic rings. The number of amides is 1. The first-order valence-electron chi connectivity index (χ1n) is 6.96. The summed E-state index contributed by atoms with van der Waals surface area (Å²) in [6, 6.07) is 3.18. The summed E-state index contributed by atoms with van der Waals surface area (Å²) in [6.07, 6.45) is 0. The third kappa shape index (κ3) is 2.93. The minimum Gasteiger partial charge on any atom is -0.368 e. The Balaban J connectivity index is 2.25. The molecule has 0 radical (unpaired) electrons. The van der Waals surface area contributed by atoms with Crippen LogP contribution in [-0.4, -0.2) is 37.0 Å². The van der Waals surface area contributed by atoms with Crippen molar-refractivity contribution in [2.75, 3.05) is 31.1 Å². The summed E-state index contributed by atoms with van der Waals surface area (Å²) in [5, 5.41) is 0. The molecule has 1 aromatic rings. The van der Waals surface area contributed by atoms with Crippen LogP contribution in [0.15, 0.2) is 12.1 Å². The van der Waals surface area contributed by atoms with Crippen molar-refractivity contribution in [2.45, 2.75) is 26.8 Å². The van der Waals surface area contributed by atoms with Crippen LogP contribution < -0.4 is 10.6 Å². The zero-order valence-electron chi connectivity index (χ0n) is 12.3. The fraction of sp³-hybridized carbons (Fsp3) is 0.533. The number of aryl methyl sites for hydroxylation is 1. The van der Waals surface area contributed by atoms with Crippen LogP contribution in [0.1, 0.15) is 31.0 Å². The minimum atomic E-state index is -0.219. The number of carbonyl (C=O) groups is 1. The standard InChI is InChI=1S/C15H22FN3O/c1-10-8-15(13(11(2)17)9-14(10)16)19-6-4-18(5-7-19)12(3)20/h8-9,11H,4-7,17H2,1-3H3/t11-/m0/s1. The maximum atomic E-state index is 13.7. The van der Waals surface area contributed by atoms with Crippen molar-refractivity contribution >= 4 is 11.6 Å². The second-order valence-corrected chi connectivity index (χ2v) is 5.44. The summed E-state index contributed by atoms with van der Waals surface area (Å²) in [4.78, 5) is 15.4. The van der Waals surface area contributed by atoms with Crippen molar-refractivity contribution in [2.24, 2.45) is 5.73 Å². The van der Waals surface area contributed by atoms with E-state index in [1.165, 1.54) is 6.07 Å². The van der Waals surface area contributed by atoms with E-state index in [0.29, 0.717) is 18.7 Å². The van der Waals surface area contributed by atoms with Crippen molar-refractivity contribution in [1.82, 2.24) is 4.90 Å². The van der Waals surface area contributed by atoms with E-state index < -0.39 is 0 Å². The zero-order valence-corrected chi connectivity index (χ0v) is 12.3. The number of nitrogens with two attached hydrogens (primary N) is 1. The first kappa shape index (κ1) is 14.8. The Labute approximate surface area is 119 Å². The fourth-order valence-corrected chi connectivity index (χ4v) is 2.58. The highest BCUT2D eigenvalue weighted by atomic mass is 19.1. The molecule has 0 aromatic heterocycles. The van der Waals surface area contributed by atoms with E-state index in [2.05, 4.69) is 4.90 Å². The molecule has 0 bridgehead atoms. The van der Waals surface area contributed by atoms with E-state index in [1.807, 2.05) is 17.9 Å². The van der Waals surface area contributed by atoms with E-state index in [0.717, 1.165) is 24.3 Å². The van der Waals surface area contributed by atoms with Crippen LogP contribution in [0.4, 0.5) is 10.1 Å². The number of anilines is 1. The van der Waals surface area contributed by atoms with Crippen molar-refractivity contribution in [3.8, 4) is 0 Å². The molecule has 5 heteroatoms. The van der Waals surface area contributed by atoms with Crippen LogP contribution in [0, 0.1) is 12.7 Å². The lowest BCUT2D eigenvalue weighted by molar-refractivity contribution is -0.129. The number of hydrogen-bond acceptors (Lipinski definition) is 3. The van der Waals surface area contributed by atoms with Crippen molar-refractivity contribution in [1.29, 1.82) is 0 Å². The monoisotopic (exact) mass is 279 g/mol. The van der Waals surface area contributed by atoms with Crippen molar-refractivity contribution in [3.05, 3.63) is 29.1 Å². The average Bonchev–Trinajstić information content (AvgIpc) is 2.41. The number of benzene rings is 1. The van der Waals surface area contributed by atoms with Gasteiger partial charge in [0.2, 0.25) is 5.91 Å². The summed E-state index contributed by atoms with van der Waals surface area (Å²) in [7, 11) is 0. The van der Waals surface area contributed by atoms with Gasteiger partial charge in [0.25, 0.3) is 0 Å². The molecule has 20 heavy (non-hydrogen) atoms. The Morgan fingerprint density at radius 3 is 2.40 bits per heavy atom. The predicted molar refractivity (Wildman–Crippen MR) is 78.2 cm³/mol. The molecule has 1 saturated heterocycles. The number of hydrogen-bond donors (Lipinski definition) is 1. The summed E-state index contributed by atoms with van der Waals surface area (Å²) < 4.78 is 13.7. The highest BCUT2D eigenvalue weighted by molar-refractivity contribution is 5.73. The first-order chi connectivity index (χ1) is 9.40. The summed E-state index contributed by atoms with van der Waals surface area (Å²) in [6.45, 7) is 8.11. The van der Waals surface area contributed by atoms with E-state index in [-0.39, 0.29) is 17.8 Å². The van der Waals surface area contributed by atoms with E-state index >= 15 is 0 Å². The SMILES string of the molecule is CC(=O)N1CCN(c2cc(C)c(F)cc2[C@H](C)N)CC1. The minimum absolute atomic E-state index is 0.104. The van der Waals surface area contributed by atoms with Gasteiger partial charge in [-0.1, -0.05) is 0 Å². The lowest BCUT2D eigenvalue weighted by Gasteiger charge is -2.37. The van der Waals surface area contributed by atoms with Crippen molar-refractivity contribution in [3.63, 3.8) is 0 Å². The van der Waals surface area contributed by atoms with Crippen LogP contribution in [0.3, 0.4) is 0 Å². The number of rotatable bonds is 2. The molecule has 1 heterocycles. The second-order valence-electron chi connectivity index (χ2n) is 5.44. The maximum Gasteiger partial charge on any atom is 0.219 e. The van der Waals surface area contributed by atoms with Crippen LogP contribution in [-0.2, 0) is 4.79 Å². The zero-order chi connectivity index (χ0) is 14.9. The molecule has 1 aromatic carbocycles. The van der Waals surface area contributed by atoms with Gasteiger partial charge in [-0.3, -0.25) is 4.79 Å². The van der Waals surface area contributed by atoms with Gasteiger partial charge in [-0.05, 0) is 37.1 Å². The summed E-state index contributed by atoms with van der Waals surface area (Å²) >= 11 is 0. The largest absolute Gasteiger partial charge is 0.368 e. The smallest absolute Gasteiger partial charge is 0.219 e. The van der Waals surface area contributed by atoms with Gasteiger partial charge in [-0.2, -0.15) is 0 Å². The molecule has 0 aliphatic carbocycles. The summed E-state index contributed by atoms with van der Waals surface area (Å²) in [5.41, 5.74) is 8.39. The molecule has 0 saturated carbocycles. The molecule has 0 unspecified atom stereocenters. The Hall–Kier alpha value is -1.62. The topological polar surface area (TPSA) is 49.6 Å². The number of halogens is 1. The quantitative estimate of drug-likeness (QED) is 0.898. The first-order valence-corrected chi connectivity index (χ1v) is 6.96. The highest BCUT2D eigenvalue weighted by Gasteiger charge is 2.22. The van der Waals surface area contributed by atoms with Gasteiger partial charge in [-0.25, -0.2) is 4.39 Å². The van der Waals surface area contributed by atoms with Gasteiger partial charge in [0, 0.05) is 44.8 Å².